The Morgan fingerprint density at radius 3 is 2.17 bits per heavy atom. The van der Waals surface area contributed by atoms with E-state index in [2.05, 4.69) is 10.2 Å². The first-order valence-corrected chi connectivity index (χ1v) is 6.47. The smallest absolute Gasteiger partial charge is 0.416 e. The van der Waals surface area contributed by atoms with Crippen LogP contribution in [-0.4, -0.2) is 19.5 Å². The van der Waals surface area contributed by atoms with Gasteiger partial charge >= 0.3 is 6.18 Å². The van der Waals surface area contributed by atoms with Crippen LogP contribution in [-0.2, 0) is 6.18 Å². The van der Waals surface area contributed by atoms with Crippen molar-refractivity contribution in [2.75, 3.05) is 7.11 Å². The highest BCUT2D eigenvalue weighted by Gasteiger charge is 2.29. The van der Waals surface area contributed by atoms with Gasteiger partial charge in [-0.25, -0.2) is 4.39 Å². The Morgan fingerprint density at radius 2 is 1.61 bits per heavy atom. The van der Waals surface area contributed by atoms with Crippen LogP contribution in [0.5, 0.6) is 5.75 Å². The third-order valence-corrected chi connectivity index (χ3v) is 2.92. The number of alkyl halides is 3. The first kappa shape index (κ1) is 16.7. The molecule has 0 amide bonds. The van der Waals surface area contributed by atoms with Crippen LogP contribution >= 0.6 is 0 Å². The molecule has 0 bridgehead atoms. The van der Waals surface area contributed by atoms with Gasteiger partial charge in [0.2, 0.25) is 0 Å². The van der Waals surface area contributed by atoms with Crippen LogP contribution in [0.4, 0.5) is 17.6 Å². The van der Waals surface area contributed by atoms with E-state index < -0.39 is 17.6 Å². The average molecular weight is 324 g/mol. The Hall–Kier alpha value is -2.70. The molecule has 0 fully saturated rings. The lowest BCUT2D eigenvalue weighted by Crippen LogP contribution is -2.04. The summed E-state index contributed by atoms with van der Waals surface area (Å²) in [4.78, 5) is 0. The van der Waals surface area contributed by atoms with E-state index in [0.717, 1.165) is 12.1 Å². The molecule has 3 nitrogen and oxygen atoms in total. The van der Waals surface area contributed by atoms with Crippen molar-refractivity contribution in [3.05, 3.63) is 65.0 Å². The van der Waals surface area contributed by atoms with Gasteiger partial charge in [0.15, 0.2) is 0 Å². The van der Waals surface area contributed by atoms with Crippen LogP contribution in [0.25, 0.3) is 0 Å². The lowest BCUT2D eigenvalue weighted by atomic mass is 10.1. The molecule has 2 aromatic rings. The van der Waals surface area contributed by atoms with Gasteiger partial charge in [-0.2, -0.15) is 23.4 Å². The number of methoxy groups -OCH3 is 1. The fraction of sp³-hybridized carbons (Fsp3) is 0.125. The third kappa shape index (κ3) is 4.64. The summed E-state index contributed by atoms with van der Waals surface area (Å²) >= 11 is 0. The van der Waals surface area contributed by atoms with Crippen molar-refractivity contribution in [2.45, 2.75) is 6.18 Å². The number of nitrogens with zero attached hydrogens (tertiary/aromatic N) is 2. The molecule has 0 saturated heterocycles. The van der Waals surface area contributed by atoms with Crippen molar-refractivity contribution in [2.24, 2.45) is 10.2 Å². The molecule has 7 heteroatoms. The minimum absolute atomic E-state index is 0.218. The quantitative estimate of drug-likeness (QED) is 0.469. The van der Waals surface area contributed by atoms with Crippen molar-refractivity contribution in [3.8, 4) is 5.75 Å². The van der Waals surface area contributed by atoms with E-state index in [1.54, 1.807) is 6.07 Å². The van der Waals surface area contributed by atoms with E-state index in [-0.39, 0.29) is 5.56 Å². The average Bonchev–Trinajstić information content (AvgIpc) is 2.52. The number of benzene rings is 2. The lowest BCUT2D eigenvalue weighted by molar-refractivity contribution is -0.137. The summed E-state index contributed by atoms with van der Waals surface area (Å²) in [6.45, 7) is 0. The zero-order valence-corrected chi connectivity index (χ0v) is 12.0. The topological polar surface area (TPSA) is 34.0 Å². The number of rotatable bonds is 4. The van der Waals surface area contributed by atoms with E-state index in [0.29, 0.717) is 11.3 Å². The zero-order valence-electron chi connectivity index (χ0n) is 12.0. The van der Waals surface area contributed by atoms with Crippen LogP contribution in [0.3, 0.4) is 0 Å². The second-order valence-electron chi connectivity index (χ2n) is 4.50. The third-order valence-electron chi connectivity index (χ3n) is 2.92. The highest BCUT2D eigenvalue weighted by atomic mass is 19.4. The van der Waals surface area contributed by atoms with E-state index >= 15 is 0 Å². The summed E-state index contributed by atoms with van der Waals surface area (Å²) in [6.07, 6.45) is -1.90. The van der Waals surface area contributed by atoms with Gasteiger partial charge in [-0.05, 0) is 29.8 Å². The molecule has 0 aliphatic rings. The maximum atomic E-state index is 13.6. The maximum Gasteiger partial charge on any atom is 0.416 e. The summed E-state index contributed by atoms with van der Waals surface area (Å²) in [5.41, 5.74) is -0.0702. The van der Waals surface area contributed by atoms with E-state index in [4.69, 9.17) is 4.74 Å². The molecule has 0 unspecified atom stereocenters. The monoisotopic (exact) mass is 324 g/mol. The molecule has 2 rings (SSSR count). The fourth-order valence-electron chi connectivity index (χ4n) is 1.69. The number of halogens is 4. The Morgan fingerprint density at radius 1 is 0.957 bits per heavy atom. The van der Waals surface area contributed by atoms with Crippen LogP contribution in [0.1, 0.15) is 16.7 Å². The van der Waals surface area contributed by atoms with Gasteiger partial charge < -0.3 is 4.74 Å². The van der Waals surface area contributed by atoms with Crippen LogP contribution in [0, 0.1) is 5.82 Å². The maximum absolute atomic E-state index is 13.6. The SMILES string of the molecule is COc1ccc(C=NN=Cc2ccc(C(F)(F)F)cc2)c(F)c1. The van der Waals surface area contributed by atoms with Gasteiger partial charge in [0.25, 0.3) is 0 Å². The van der Waals surface area contributed by atoms with Crippen LogP contribution in [0.2, 0.25) is 0 Å². The number of hydrogen-bond donors (Lipinski definition) is 0. The summed E-state index contributed by atoms with van der Waals surface area (Å²) in [5, 5.41) is 7.34. The number of ether oxygens (including phenoxy) is 1. The molecule has 0 atom stereocenters. The minimum Gasteiger partial charge on any atom is -0.497 e. The zero-order chi connectivity index (χ0) is 16.9. The highest BCUT2D eigenvalue weighted by Crippen LogP contribution is 2.28. The summed E-state index contributed by atoms with van der Waals surface area (Å²) < 4.78 is 55.7. The van der Waals surface area contributed by atoms with Gasteiger partial charge in [-0.3, -0.25) is 0 Å². The molecule has 0 N–H and O–H groups in total. The molecule has 0 spiro atoms. The summed E-state index contributed by atoms with van der Waals surface area (Å²) in [7, 11) is 1.43. The second kappa shape index (κ2) is 7.04. The standard InChI is InChI=1S/C16H12F4N2O/c1-23-14-7-4-12(15(17)8-14)10-22-21-9-11-2-5-13(6-3-11)16(18,19)20/h2-10H,1H3. The predicted octanol–water partition coefficient (Wildman–Crippen LogP) is 4.31. The van der Waals surface area contributed by atoms with Gasteiger partial charge in [0.1, 0.15) is 11.6 Å². The normalized spacial score (nSPS) is 12.2. The molecule has 0 saturated carbocycles. The first-order chi connectivity index (χ1) is 10.9. The molecule has 0 heterocycles. The largest absolute Gasteiger partial charge is 0.497 e. The van der Waals surface area contributed by atoms with Crippen LogP contribution in [0.15, 0.2) is 52.7 Å². The molecular formula is C16H12F4N2O. The molecule has 23 heavy (non-hydrogen) atoms. The molecule has 120 valence electrons. The second-order valence-corrected chi connectivity index (χ2v) is 4.50. The predicted molar refractivity (Wildman–Crippen MR) is 79.6 cm³/mol. The van der Waals surface area contributed by atoms with Crippen molar-refractivity contribution in [3.63, 3.8) is 0 Å². The Labute approximate surface area is 129 Å². The molecule has 0 aromatic heterocycles. The first-order valence-electron chi connectivity index (χ1n) is 6.47. The van der Waals surface area contributed by atoms with Gasteiger partial charge in [0.05, 0.1) is 25.1 Å². The van der Waals surface area contributed by atoms with Crippen molar-refractivity contribution < 1.29 is 22.3 Å². The highest BCUT2D eigenvalue weighted by molar-refractivity contribution is 5.83. The van der Waals surface area contributed by atoms with E-state index in [9.17, 15) is 17.6 Å². The molecular weight excluding hydrogens is 312 g/mol. The van der Waals surface area contributed by atoms with E-state index in [1.807, 2.05) is 0 Å². The molecule has 0 radical (unpaired) electrons. The summed E-state index contributed by atoms with van der Waals surface area (Å²) in [6, 6.07) is 8.71. The van der Waals surface area contributed by atoms with Crippen molar-refractivity contribution >= 4 is 12.4 Å². The van der Waals surface area contributed by atoms with Crippen molar-refractivity contribution in [1.29, 1.82) is 0 Å². The van der Waals surface area contributed by atoms with Gasteiger partial charge in [-0.15, -0.1) is 0 Å². The van der Waals surface area contributed by atoms with E-state index in [1.165, 1.54) is 43.8 Å². The van der Waals surface area contributed by atoms with Crippen LogP contribution < -0.4 is 4.74 Å². The van der Waals surface area contributed by atoms with Gasteiger partial charge in [0, 0.05) is 11.6 Å². The number of hydrogen-bond acceptors (Lipinski definition) is 3. The molecule has 0 aliphatic carbocycles. The lowest BCUT2D eigenvalue weighted by Gasteiger charge is -2.05. The molecule has 0 aliphatic heterocycles. The van der Waals surface area contributed by atoms with Crippen molar-refractivity contribution in [1.82, 2.24) is 0 Å². The Bertz CT molecular complexity index is 722. The van der Waals surface area contributed by atoms with Gasteiger partial charge in [-0.1, -0.05) is 12.1 Å². The minimum atomic E-state index is -4.38. The fourth-order valence-corrected chi connectivity index (χ4v) is 1.69. The molecule has 2 aromatic carbocycles. The Kier molecular flexibility index (Phi) is 5.10. The summed E-state index contributed by atoms with van der Waals surface area (Å²) in [5.74, 6) is -0.134. The Balaban J connectivity index is 2.04.